The molecule has 11 heteroatoms. The van der Waals surface area contributed by atoms with Crippen LogP contribution in [0.5, 0.6) is 0 Å². The first-order valence-corrected chi connectivity index (χ1v) is 8.66. The molecule has 0 rings (SSSR count). The molecule has 0 heterocycles. The van der Waals surface area contributed by atoms with E-state index < -0.39 is 30.0 Å². The highest BCUT2D eigenvalue weighted by molar-refractivity contribution is 5.90. The van der Waals surface area contributed by atoms with Crippen molar-refractivity contribution in [3.63, 3.8) is 0 Å². The van der Waals surface area contributed by atoms with Gasteiger partial charge in [-0.05, 0) is 25.7 Å². The number of nitrogens with one attached hydrogen (secondary N) is 3. The van der Waals surface area contributed by atoms with Crippen molar-refractivity contribution in [2.45, 2.75) is 45.7 Å². The van der Waals surface area contributed by atoms with Crippen LogP contribution < -0.4 is 27.4 Å². The molecule has 0 saturated carbocycles. The van der Waals surface area contributed by atoms with Gasteiger partial charge in [0.05, 0.1) is 12.6 Å². The molecule has 0 aromatic carbocycles. The van der Waals surface area contributed by atoms with Gasteiger partial charge in [0.15, 0.2) is 5.96 Å². The minimum absolute atomic E-state index is 0.0419. The minimum atomic E-state index is -0.883. The van der Waals surface area contributed by atoms with Gasteiger partial charge in [0.1, 0.15) is 18.9 Å². The second kappa shape index (κ2) is 13.4. The van der Waals surface area contributed by atoms with E-state index >= 15 is 0 Å². The van der Waals surface area contributed by atoms with Crippen LogP contribution >= 0.6 is 0 Å². The predicted molar refractivity (Wildman–Crippen MR) is 99.7 cm³/mol. The Labute approximate surface area is 158 Å². The number of nitrogens with two attached hydrogens (primary N) is 2. The van der Waals surface area contributed by atoms with Gasteiger partial charge in [-0.1, -0.05) is 13.8 Å². The first-order valence-electron chi connectivity index (χ1n) is 8.66. The number of hydrogen-bond acceptors (Lipinski definition) is 6. The quantitative estimate of drug-likeness (QED) is 0.119. The fourth-order valence-electron chi connectivity index (χ4n) is 1.81. The van der Waals surface area contributed by atoms with Gasteiger partial charge in [-0.3, -0.25) is 14.6 Å². The Balaban J connectivity index is 4.19. The summed E-state index contributed by atoms with van der Waals surface area (Å²) in [5.74, 6) is -0.947. The van der Waals surface area contributed by atoms with Crippen LogP contribution in [0.25, 0.3) is 0 Å². The fourth-order valence-corrected chi connectivity index (χ4v) is 1.81. The summed E-state index contributed by atoms with van der Waals surface area (Å²) >= 11 is 0. The van der Waals surface area contributed by atoms with Crippen LogP contribution in [0.4, 0.5) is 4.79 Å². The zero-order valence-corrected chi connectivity index (χ0v) is 16.0. The van der Waals surface area contributed by atoms with Crippen molar-refractivity contribution >= 4 is 30.2 Å². The number of guanidine groups is 1. The smallest absolute Gasteiger partial charge is 0.407 e. The average molecular weight is 386 g/mol. The summed E-state index contributed by atoms with van der Waals surface area (Å²) in [5, 5.41) is 7.22. The van der Waals surface area contributed by atoms with E-state index in [1.165, 1.54) is 6.92 Å². The maximum absolute atomic E-state index is 12.0. The molecule has 3 amide bonds. The highest BCUT2D eigenvalue weighted by Crippen LogP contribution is 1.97. The molecule has 154 valence electrons. The molecule has 0 aromatic heterocycles. The lowest BCUT2D eigenvalue weighted by molar-refractivity contribution is -0.129. The summed E-state index contributed by atoms with van der Waals surface area (Å²) in [4.78, 5) is 50.0. The third-order valence-corrected chi connectivity index (χ3v) is 3.17. The Bertz CT molecular complexity index is 533. The number of hydrogen-bond donors (Lipinski definition) is 5. The van der Waals surface area contributed by atoms with Gasteiger partial charge in [0.25, 0.3) is 0 Å². The molecule has 0 bridgehead atoms. The van der Waals surface area contributed by atoms with Crippen LogP contribution in [0.3, 0.4) is 0 Å². The Morgan fingerprint density at radius 3 is 2.37 bits per heavy atom. The second-order valence-electron chi connectivity index (χ2n) is 6.34. The Hall–Kier alpha value is -2.85. The van der Waals surface area contributed by atoms with Crippen LogP contribution in [0.15, 0.2) is 4.99 Å². The third kappa shape index (κ3) is 13.1. The van der Waals surface area contributed by atoms with Crippen molar-refractivity contribution in [1.29, 1.82) is 0 Å². The number of ether oxygens (including phenoxy) is 1. The monoisotopic (exact) mass is 386 g/mol. The van der Waals surface area contributed by atoms with E-state index in [2.05, 4.69) is 20.9 Å². The first kappa shape index (κ1) is 24.1. The Morgan fingerprint density at radius 1 is 1.15 bits per heavy atom. The van der Waals surface area contributed by atoms with E-state index in [1.54, 1.807) is 0 Å². The predicted octanol–water partition coefficient (Wildman–Crippen LogP) is -1.39. The minimum Gasteiger partial charge on any atom is -0.449 e. The molecule has 2 atom stereocenters. The number of carbonyl (C=O) groups excluding carboxylic acids is 4. The van der Waals surface area contributed by atoms with Gasteiger partial charge in [-0.25, -0.2) is 4.79 Å². The normalized spacial score (nSPS) is 12.4. The highest BCUT2D eigenvalue weighted by atomic mass is 16.5. The maximum atomic E-state index is 12.0. The zero-order chi connectivity index (χ0) is 20.8. The van der Waals surface area contributed by atoms with Gasteiger partial charge in [0.2, 0.25) is 11.8 Å². The van der Waals surface area contributed by atoms with Crippen molar-refractivity contribution in [3.05, 3.63) is 0 Å². The maximum Gasteiger partial charge on any atom is 0.407 e. The summed E-state index contributed by atoms with van der Waals surface area (Å²) < 4.78 is 4.86. The van der Waals surface area contributed by atoms with Crippen LogP contribution in [0.1, 0.15) is 33.6 Å². The standard InChI is InChI=1S/C16H30N6O5/c1-10(2)9-27-16(26)20-7-13(24)21-11(3)14(25)22-12(8-23)5-4-6-19-15(17)18/h8,10-12H,4-7,9H2,1-3H3,(H,20,26)(H,21,24)(H,22,25)(H4,17,18,19)/t11-,12-/m0/s1. The van der Waals surface area contributed by atoms with E-state index in [9.17, 15) is 19.2 Å². The average Bonchev–Trinajstić information content (AvgIpc) is 2.60. The number of alkyl carbamates (subject to hydrolysis) is 1. The molecule has 7 N–H and O–H groups in total. The molecular weight excluding hydrogens is 356 g/mol. The lowest BCUT2D eigenvalue weighted by Gasteiger charge is -2.17. The molecule has 0 fully saturated rings. The number of amides is 3. The molecule has 0 aromatic rings. The van der Waals surface area contributed by atoms with E-state index in [1.807, 2.05) is 13.8 Å². The lowest BCUT2D eigenvalue weighted by atomic mass is 10.1. The highest BCUT2D eigenvalue weighted by Gasteiger charge is 2.19. The number of rotatable bonds is 12. The zero-order valence-electron chi connectivity index (χ0n) is 16.0. The van der Waals surface area contributed by atoms with Gasteiger partial charge in [-0.15, -0.1) is 0 Å². The summed E-state index contributed by atoms with van der Waals surface area (Å²) in [6, 6.07) is -1.60. The van der Waals surface area contributed by atoms with Crippen LogP contribution in [-0.2, 0) is 19.1 Å². The van der Waals surface area contributed by atoms with Gasteiger partial charge in [0, 0.05) is 6.54 Å². The molecule has 0 saturated heterocycles. The van der Waals surface area contributed by atoms with Gasteiger partial charge < -0.3 is 36.9 Å². The molecule has 0 aliphatic rings. The second-order valence-corrected chi connectivity index (χ2v) is 6.34. The first-order chi connectivity index (χ1) is 12.6. The van der Waals surface area contributed by atoms with Crippen LogP contribution in [0, 0.1) is 5.92 Å². The van der Waals surface area contributed by atoms with Crippen LogP contribution in [0.2, 0.25) is 0 Å². The SMILES string of the molecule is CC(C)COC(=O)NCC(=O)N[C@@H](C)C(=O)N[C@H](C=O)CCCN=C(N)N. The van der Waals surface area contributed by atoms with Crippen molar-refractivity contribution in [2.75, 3.05) is 19.7 Å². The molecule has 0 aliphatic heterocycles. The molecule has 0 spiro atoms. The Morgan fingerprint density at radius 2 is 1.81 bits per heavy atom. The van der Waals surface area contributed by atoms with Crippen LogP contribution in [-0.4, -0.2) is 61.9 Å². The fraction of sp³-hybridized carbons (Fsp3) is 0.688. The largest absolute Gasteiger partial charge is 0.449 e. The summed E-state index contributed by atoms with van der Waals surface area (Å²) in [6.45, 7) is 5.48. The number of carbonyl (C=O) groups is 4. The molecule has 0 unspecified atom stereocenters. The van der Waals surface area contributed by atoms with Crippen molar-refractivity contribution in [3.8, 4) is 0 Å². The number of aliphatic imine (C=N–C) groups is 1. The van der Waals surface area contributed by atoms with E-state index in [-0.39, 0.29) is 25.0 Å². The third-order valence-electron chi connectivity index (χ3n) is 3.17. The summed E-state index contributed by atoms with van der Waals surface area (Å²) in [7, 11) is 0. The van der Waals surface area contributed by atoms with E-state index in [0.29, 0.717) is 25.7 Å². The molecule has 11 nitrogen and oxygen atoms in total. The number of nitrogens with zero attached hydrogens (tertiary/aromatic N) is 1. The number of aldehydes is 1. The Kier molecular flexibility index (Phi) is 12.0. The van der Waals surface area contributed by atoms with Crippen molar-refractivity contribution in [1.82, 2.24) is 16.0 Å². The molecule has 27 heavy (non-hydrogen) atoms. The summed E-state index contributed by atoms with van der Waals surface area (Å²) in [5.41, 5.74) is 10.4. The molecule has 0 aliphatic carbocycles. The molecular formula is C16H30N6O5. The van der Waals surface area contributed by atoms with E-state index in [0.717, 1.165) is 0 Å². The summed E-state index contributed by atoms with van der Waals surface area (Å²) in [6.07, 6.45) is 0.757. The van der Waals surface area contributed by atoms with Crippen molar-refractivity contribution in [2.24, 2.45) is 22.4 Å². The van der Waals surface area contributed by atoms with Crippen molar-refractivity contribution < 1.29 is 23.9 Å². The topological polar surface area (TPSA) is 178 Å². The van der Waals surface area contributed by atoms with Gasteiger partial charge in [-0.2, -0.15) is 0 Å². The van der Waals surface area contributed by atoms with Gasteiger partial charge >= 0.3 is 6.09 Å². The van der Waals surface area contributed by atoms with E-state index in [4.69, 9.17) is 16.2 Å². The molecule has 0 radical (unpaired) electrons. The lowest BCUT2D eigenvalue weighted by Crippen LogP contribution is -2.50.